The van der Waals surface area contributed by atoms with Gasteiger partial charge in [-0.25, -0.2) is 19.6 Å². The maximum Gasteiger partial charge on any atom is 0.354 e. The number of carbonyl (C=O) groups excluding carboxylic acids is 1. The van der Waals surface area contributed by atoms with Crippen LogP contribution in [0.1, 0.15) is 59.2 Å². The molecule has 0 unspecified atom stereocenters. The summed E-state index contributed by atoms with van der Waals surface area (Å²) in [5.74, 6) is -2.89. The molecular weight excluding hydrogens is 312 g/mol. The SMILES string of the molecule is Cc1cnc(C(=O)O)c(C)c1C(=O)c1c(C)cnc(C(=O)O)c1C. The molecule has 0 saturated heterocycles. The molecule has 0 saturated carbocycles. The zero-order valence-electron chi connectivity index (χ0n) is 13.7. The van der Waals surface area contributed by atoms with E-state index in [4.69, 9.17) is 0 Å². The van der Waals surface area contributed by atoms with Gasteiger partial charge in [0.05, 0.1) is 0 Å². The molecule has 0 atom stereocenters. The zero-order valence-corrected chi connectivity index (χ0v) is 13.7. The van der Waals surface area contributed by atoms with E-state index in [-0.39, 0.29) is 33.6 Å². The first-order chi connectivity index (χ1) is 11.2. The minimum Gasteiger partial charge on any atom is -0.477 e. The standard InChI is InChI=1S/C17H16N2O5/c1-7-5-18-13(16(21)22)9(3)11(7)15(20)12-8(2)6-19-14(10(12)4)17(23)24/h5-6H,1-4H3,(H,21,22)(H,23,24). The lowest BCUT2D eigenvalue weighted by atomic mass is 9.90. The molecule has 2 heterocycles. The number of rotatable bonds is 4. The van der Waals surface area contributed by atoms with Gasteiger partial charge < -0.3 is 10.2 Å². The van der Waals surface area contributed by atoms with Gasteiger partial charge in [0, 0.05) is 23.5 Å². The van der Waals surface area contributed by atoms with Crippen LogP contribution in [0, 0.1) is 27.7 Å². The van der Waals surface area contributed by atoms with Gasteiger partial charge in [-0.2, -0.15) is 0 Å². The minimum atomic E-state index is -1.23. The Morgan fingerprint density at radius 2 is 1.08 bits per heavy atom. The minimum absolute atomic E-state index is 0.202. The molecule has 2 aromatic heterocycles. The van der Waals surface area contributed by atoms with Crippen molar-refractivity contribution in [2.75, 3.05) is 0 Å². The molecule has 0 radical (unpaired) electrons. The first-order valence-electron chi connectivity index (χ1n) is 7.10. The lowest BCUT2D eigenvalue weighted by Crippen LogP contribution is -2.17. The molecule has 2 N–H and O–H groups in total. The molecule has 7 nitrogen and oxygen atoms in total. The summed E-state index contributed by atoms with van der Waals surface area (Å²) < 4.78 is 0. The summed E-state index contributed by atoms with van der Waals surface area (Å²) >= 11 is 0. The predicted molar refractivity (Wildman–Crippen MR) is 84.8 cm³/mol. The van der Waals surface area contributed by atoms with Crippen molar-refractivity contribution in [1.29, 1.82) is 0 Å². The number of aromatic nitrogens is 2. The normalized spacial score (nSPS) is 10.5. The smallest absolute Gasteiger partial charge is 0.354 e. The molecule has 124 valence electrons. The lowest BCUT2D eigenvalue weighted by molar-refractivity contribution is 0.0679. The number of hydrogen-bond acceptors (Lipinski definition) is 5. The Morgan fingerprint density at radius 3 is 1.38 bits per heavy atom. The molecule has 0 fully saturated rings. The summed E-state index contributed by atoms with van der Waals surface area (Å²) in [6, 6.07) is 0. The number of aryl methyl sites for hydroxylation is 2. The van der Waals surface area contributed by atoms with E-state index in [1.807, 2.05) is 0 Å². The van der Waals surface area contributed by atoms with Crippen LogP contribution in [0.15, 0.2) is 12.4 Å². The van der Waals surface area contributed by atoms with Crippen LogP contribution < -0.4 is 0 Å². The fourth-order valence-electron chi connectivity index (χ4n) is 2.73. The van der Waals surface area contributed by atoms with Crippen molar-refractivity contribution in [2.24, 2.45) is 0 Å². The van der Waals surface area contributed by atoms with Gasteiger partial charge in [-0.3, -0.25) is 4.79 Å². The maximum atomic E-state index is 13.0. The topological polar surface area (TPSA) is 117 Å². The Kier molecular flexibility index (Phi) is 4.45. The molecule has 2 rings (SSSR count). The van der Waals surface area contributed by atoms with E-state index < -0.39 is 17.7 Å². The first-order valence-corrected chi connectivity index (χ1v) is 7.10. The molecule has 0 aromatic carbocycles. The van der Waals surface area contributed by atoms with Crippen molar-refractivity contribution in [3.63, 3.8) is 0 Å². The van der Waals surface area contributed by atoms with Gasteiger partial charge in [0.25, 0.3) is 0 Å². The molecule has 0 bridgehead atoms. The van der Waals surface area contributed by atoms with Crippen LogP contribution in [0.4, 0.5) is 0 Å². The van der Waals surface area contributed by atoms with Gasteiger partial charge in [0.1, 0.15) is 0 Å². The van der Waals surface area contributed by atoms with E-state index in [2.05, 4.69) is 9.97 Å². The number of aromatic carboxylic acids is 2. The Hall–Kier alpha value is -3.09. The third kappa shape index (κ3) is 2.76. The molecule has 0 amide bonds. The second-order valence-corrected chi connectivity index (χ2v) is 5.52. The number of carboxylic acids is 2. The fraction of sp³-hybridized carbons (Fsp3) is 0.235. The van der Waals surface area contributed by atoms with Crippen LogP contribution in [-0.4, -0.2) is 37.9 Å². The van der Waals surface area contributed by atoms with Crippen molar-refractivity contribution < 1.29 is 24.6 Å². The van der Waals surface area contributed by atoms with E-state index in [1.54, 1.807) is 13.8 Å². The number of ketones is 1. The van der Waals surface area contributed by atoms with E-state index >= 15 is 0 Å². The molecular formula is C17H16N2O5. The molecule has 2 aromatic rings. The highest BCUT2D eigenvalue weighted by Crippen LogP contribution is 2.25. The Bertz CT molecular complexity index is 816. The summed E-state index contributed by atoms with van der Waals surface area (Å²) in [6.45, 7) is 6.34. The van der Waals surface area contributed by atoms with Gasteiger partial charge >= 0.3 is 11.9 Å². The monoisotopic (exact) mass is 328 g/mol. The second-order valence-electron chi connectivity index (χ2n) is 5.52. The number of carboxylic acid groups (broad SMARTS) is 2. The van der Waals surface area contributed by atoms with Crippen LogP contribution in [0.25, 0.3) is 0 Å². The molecule has 0 aliphatic rings. The molecule has 0 aliphatic heterocycles. The summed E-state index contributed by atoms with van der Waals surface area (Å²) in [4.78, 5) is 43.3. The van der Waals surface area contributed by atoms with Crippen molar-refractivity contribution in [1.82, 2.24) is 9.97 Å². The predicted octanol–water partition coefficient (Wildman–Crippen LogP) is 2.34. The van der Waals surface area contributed by atoms with Gasteiger partial charge in [-0.1, -0.05) is 0 Å². The van der Waals surface area contributed by atoms with E-state index in [0.717, 1.165) is 0 Å². The molecule has 24 heavy (non-hydrogen) atoms. The van der Waals surface area contributed by atoms with Gasteiger partial charge in [-0.15, -0.1) is 0 Å². The van der Waals surface area contributed by atoms with Crippen LogP contribution in [0.3, 0.4) is 0 Å². The van der Waals surface area contributed by atoms with Crippen LogP contribution in [-0.2, 0) is 0 Å². The number of hydrogen-bond donors (Lipinski definition) is 2. The fourth-order valence-corrected chi connectivity index (χ4v) is 2.73. The largest absolute Gasteiger partial charge is 0.477 e. The van der Waals surface area contributed by atoms with Gasteiger partial charge in [-0.05, 0) is 49.9 Å². The lowest BCUT2D eigenvalue weighted by Gasteiger charge is -2.14. The van der Waals surface area contributed by atoms with Crippen LogP contribution in [0.5, 0.6) is 0 Å². The molecule has 7 heteroatoms. The van der Waals surface area contributed by atoms with Crippen molar-refractivity contribution in [2.45, 2.75) is 27.7 Å². The van der Waals surface area contributed by atoms with Crippen LogP contribution >= 0.6 is 0 Å². The van der Waals surface area contributed by atoms with Gasteiger partial charge in [0.15, 0.2) is 17.2 Å². The highest BCUT2D eigenvalue weighted by atomic mass is 16.4. The number of pyridine rings is 2. The maximum absolute atomic E-state index is 13.0. The Morgan fingerprint density at radius 1 is 0.750 bits per heavy atom. The zero-order chi connectivity index (χ0) is 18.2. The summed E-state index contributed by atoms with van der Waals surface area (Å²) in [7, 11) is 0. The van der Waals surface area contributed by atoms with Crippen molar-refractivity contribution >= 4 is 17.7 Å². The molecule has 0 aliphatic carbocycles. The Labute approximate surface area is 138 Å². The quantitative estimate of drug-likeness (QED) is 0.827. The third-order valence-electron chi connectivity index (χ3n) is 3.88. The molecule has 0 spiro atoms. The Balaban J connectivity index is 2.75. The van der Waals surface area contributed by atoms with E-state index in [0.29, 0.717) is 11.1 Å². The van der Waals surface area contributed by atoms with E-state index in [9.17, 15) is 24.6 Å². The summed E-state index contributed by atoms with van der Waals surface area (Å²) in [5, 5.41) is 18.4. The average molecular weight is 328 g/mol. The van der Waals surface area contributed by atoms with Gasteiger partial charge in [0.2, 0.25) is 0 Å². The van der Waals surface area contributed by atoms with E-state index in [1.165, 1.54) is 26.2 Å². The number of nitrogens with zero attached hydrogens (tertiary/aromatic N) is 2. The summed E-state index contributed by atoms with van der Waals surface area (Å²) in [6.07, 6.45) is 2.65. The summed E-state index contributed by atoms with van der Waals surface area (Å²) in [5.41, 5.74) is 1.58. The first kappa shape index (κ1) is 17.3. The van der Waals surface area contributed by atoms with Crippen molar-refractivity contribution in [3.05, 3.63) is 57.2 Å². The highest BCUT2D eigenvalue weighted by Gasteiger charge is 2.25. The second kappa shape index (κ2) is 6.19. The number of carbonyl (C=O) groups is 3. The third-order valence-corrected chi connectivity index (χ3v) is 3.88. The average Bonchev–Trinajstić information content (AvgIpc) is 2.46. The highest BCUT2D eigenvalue weighted by molar-refractivity contribution is 6.14. The van der Waals surface area contributed by atoms with Crippen LogP contribution in [0.2, 0.25) is 0 Å². The van der Waals surface area contributed by atoms with Crippen molar-refractivity contribution in [3.8, 4) is 0 Å².